The van der Waals surface area contributed by atoms with Crippen LogP contribution in [0.2, 0.25) is 0 Å². The molecule has 3 aromatic heterocycles. The van der Waals surface area contributed by atoms with Gasteiger partial charge in [0.15, 0.2) is 23.1 Å². The first-order valence-electron chi connectivity index (χ1n) is 21.6. The molecule has 0 saturated heterocycles. The van der Waals surface area contributed by atoms with Gasteiger partial charge in [-0.25, -0.2) is 15.0 Å². The van der Waals surface area contributed by atoms with Gasteiger partial charge < -0.3 is 8.98 Å². The van der Waals surface area contributed by atoms with Crippen molar-refractivity contribution >= 4 is 49.3 Å². The number of rotatable bonds is 7. The van der Waals surface area contributed by atoms with Crippen LogP contribution in [0.1, 0.15) is 18.9 Å². The van der Waals surface area contributed by atoms with Gasteiger partial charge >= 0.3 is 0 Å². The van der Waals surface area contributed by atoms with E-state index in [1.807, 2.05) is 6.07 Å². The van der Waals surface area contributed by atoms with Gasteiger partial charge in [0.2, 0.25) is 0 Å². The van der Waals surface area contributed by atoms with Gasteiger partial charge in [-0.2, -0.15) is 0 Å². The molecule has 0 spiro atoms. The van der Waals surface area contributed by atoms with Gasteiger partial charge in [0.1, 0.15) is 5.58 Å². The van der Waals surface area contributed by atoms with Gasteiger partial charge in [0.25, 0.3) is 0 Å². The third-order valence-corrected chi connectivity index (χ3v) is 12.4. The summed E-state index contributed by atoms with van der Waals surface area (Å²) in [6, 6.07) is 66.1. The van der Waals surface area contributed by atoms with Crippen molar-refractivity contribution in [3.63, 3.8) is 0 Å². The largest absolute Gasteiger partial charge is 0.454 e. The average molecular weight is 809 g/mol. The Labute approximate surface area is 365 Å². The minimum absolute atomic E-state index is 0.562. The van der Waals surface area contributed by atoms with Crippen LogP contribution in [0.5, 0.6) is 0 Å². The van der Waals surface area contributed by atoms with Crippen LogP contribution in [0.3, 0.4) is 0 Å². The lowest BCUT2D eigenvalue weighted by Gasteiger charge is -2.13. The molecule has 0 aliphatic heterocycles. The number of hydrogen-bond donors (Lipinski definition) is 0. The van der Waals surface area contributed by atoms with E-state index < -0.39 is 0 Å². The molecule has 5 heteroatoms. The number of benzene rings is 8. The van der Waals surface area contributed by atoms with E-state index in [1.54, 1.807) is 0 Å². The fraction of sp³-hybridized carbons (Fsp3) is 0.0517. The third kappa shape index (κ3) is 6.45. The Morgan fingerprint density at radius 2 is 1.05 bits per heavy atom. The SMILES string of the molecule is CC1C=CC(c2ccc(-c3nc(-c4ccc(-c5ccccc5)cc4)nc(-c4ccc5c(c4)oc4c(-n6c7ccccc7c7c(-c8ccccc8)cccc76)cccc45)n3)cc2)=CC1. The van der Waals surface area contributed by atoms with E-state index in [0.717, 1.165) is 72.9 Å². The quantitative estimate of drug-likeness (QED) is 0.161. The highest BCUT2D eigenvalue weighted by molar-refractivity contribution is 6.17. The Hall–Kier alpha value is -8.15. The Kier molecular flexibility index (Phi) is 8.78. The second-order valence-corrected chi connectivity index (χ2v) is 16.4. The molecule has 0 N–H and O–H groups in total. The van der Waals surface area contributed by atoms with Gasteiger partial charge in [0, 0.05) is 38.2 Å². The van der Waals surface area contributed by atoms with Crippen LogP contribution >= 0.6 is 0 Å². The van der Waals surface area contributed by atoms with Gasteiger partial charge in [-0.05, 0) is 76.1 Å². The average Bonchev–Trinajstić information content (AvgIpc) is 3.90. The monoisotopic (exact) mass is 808 g/mol. The Balaban J connectivity index is 0.989. The summed E-state index contributed by atoms with van der Waals surface area (Å²) in [4.78, 5) is 15.4. The van der Waals surface area contributed by atoms with Crippen molar-refractivity contribution in [2.24, 2.45) is 5.92 Å². The van der Waals surface area contributed by atoms with Crippen LogP contribution in [-0.2, 0) is 0 Å². The summed E-state index contributed by atoms with van der Waals surface area (Å²) in [6.07, 6.45) is 7.87. The Morgan fingerprint density at radius 1 is 0.476 bits per heavy atom. The van der Waals surface area contributed by atoms with Crippen LogP contribution < -0.4 is 0 Å². The van der Waals surface area contributed by atoms with Gasteiger partial charge in [-0.1, -0.05) is 183 Å². The molecule has 11 aromatic rings. The molecule has 1 aliphatic rings. The predicted molar refractivity (Wildman–Crippen MR) is 260 cm³/mol. The highest BCUT2D eigenvalue weighted by atomic mass is 16.3. The molecule has 8 aromatic carbocycles. The van der Waals surface area contributed by atoms with Crippen molar-refractivity contribution in [1.82, 2.24) is 19.5 Å². The zero-order chi connectivity index (χ0) is 41.9. The van der Waals surface area contributed by atoms with E-state index in [0.29, 0.717) is 23.4 Å². The molecule has 0 saturated carbocycles. The Bertz CT molecular complexity index is 3580. The van der Waals surface area contributed by atoms with Crippen LogP contribution in [-0.4, -0.2) is 19.5 Å². The summed E-state index contributed by atoms with van der Waals surface area (Å²) in [5.41, 5.74) is 14.6. The summed E-state index contributed by atoms with van der Waals surface area (Å²) in [7, 11) is 0. The first kappa shape index (κ1) is 36.7. The zero-order valence-corrected chi connectivity index (χ0v) is 34.6. The van der Waals surface area contributed by atoms with Crippen LogP contribution in [0.15, 0.2) is 211 Å². The minimum Gasteiger partial charge on any atom is -0.454 e. The second kappa shape index (κ2) is 15.1. The normalized spacial score (nSPS) is 13.9. The van der Waals surface area contributed by atoms with E-state index in [9.17, 15) is 0 Å². The van der Waals surface area contributed by atoms with E-state index in [2.05, 4.69) is 212 Å². The van der Waals surface area contributed by atoms with E-state index >= 15 is 0 Å². The topological polar surface area (TPSA) is 56.7 Å². The van der Waals surface area contributed by atoms with Crippen molar-refractivity contribution in [2.75, 3.05) is 0 Å². The van der Waals surface area contributed by atoms with Gasteiger partial charge in [0.05, 0.1) is 16.7 Å². The molecular formula is C58H40N4O. The molecule has 1 aliphatic carbocycles. The molecule has 5 nitrogen and oxygen atoms in total. The highest BCUT2D eigenvalue weighted by Crippen LogP contribution is 2.42. The molecule has 3 heterocycles. The molecule has 63 heavy (non-hydrogen) atoms. The fourth-order valence-electron chi connectivity index (χ4n) is 9.19. The van der Waals surface area contributed by atoms with Crippen molar-refractivity contribution < 1.29 is 4.42 Å². The Morgan fingerprint density at radius 3 is 1.76 bits per heavy atom. The zero-order valence-electron chi connectivity index (χ0n) is 34.6. The summed E-state index contributed by atoms with van der Waals surface area (Å²) in [6.45, 7) is 2.25. The lowest BCUT2D eigenvalue weighted by Crippen LogP contribution is -2.00. The maximum Gasteiger partial charge on any atom is 0.164 e. The summed E-state index contributed by atoms with van der Waals surface area (Å²) in [5, 5.41) is 4.50. The molecular weight excluding hydrogens is 769 g/mol. The van der Waals surface area contributed by atoms with Crippen molar-refractivity contribution in [3.8, 4) is 62.1 Å². The minimum atomic E-state index is 0.562. The number of allylic oxidation sites excluding steroid dienone is 4. The number of furan rings is 1. The maximum atomic E-state index is 6.94. The van der Waals surface area contributed by atoms with Crippen LogP contribution in [0, 0.1) is 5.92 Å². The number of hydrogen-bond acceptors (Lipinski definition) is 4. The number of fused-ring (bicyclic) bond motifs is 6. The molecule has 0 amide bonds. The van der Waals surface area contributed by atoms with E-state index in [1.165, 1.54) is 33.0 Å². The van der Waals surface area contributed by atoms with Crippen LogP contribution in [0.4, 0.5) is 0 Å². The van der Waals surface area contributed by atoms with E-state index in [4.69, 9.17) is 19.4 Å². The number of aromatic nitrogens is 4. The van der Waals surface area contributed by atoms with Crippen LogP contribution in [0.25, 0.3) is 111 Å². The van der Waals surface area contributed by atoms with E-state index in [-0.39, 0.29) is 0 Å². The molecule has 1 unspecified atom stereocenters. The molecule has 0 bridgehead atoms. The van der Waals surface area contributed by atoms with Gasteiger partial charge in [-0.3, -0.25) is 0 Å². The lowest BCUT2D eigenvalue weighted by atomic mass is 9.94. The predicted octanol–water partition coefficient (Wildman–Crippen LogP) is 15.2. The number of para-hydroxylation sites is 2. The number of nitrogens with zero attached hydrogens (tertiary/aromatic N) is 4. The fourth-order valence-corrected chi connectivity index (χ4v) is 9.19. The first-order chi connectivity index (χ1) is 31.1. The van der Waals surface area contributed by atoms with Crippen molar-refractivity contribution in [3.05, 3.63) is 212 Å². The van der Waals surface area contributed by atoms with Gasteiger partial charge in [-0.15, -0.1) is 0 Å². The molecule has 0 radical (unpaired) electrons. The summed E-state index contributed by atoms with van der Waals surface area (Å²) in [5.74, 6) is 2.37. The molecule has 1 atom stereocenters. The standard InChI is InChI=1S/C58H40N4O/c1-37-22-24-39(25-23-37)41-28-32-44(33-29-41)57-59-56(43-30-26-40(27-31-43)38-12-4-2-5-13-38)60-58(61-57)45-34-35-47-48-18-11-21-52(55(48)63-53(47)36-45)62-50-19-9-8-16-49(50)54-46(17-10-20-51(54)62)42-14-6-3-7-15-42/h2-22,24-37H,23H2,1H3. The first-order valence-corrected chi connectivity index (χ1v) is 21.6. The van der Waals surface area contributed by atoms with Crippen molar-refractivity contribution in [1.29, 1.82) is 0 Å². The maximum absolute atomic E-state index is 6.94. The second-order valence-electron chi connectivity index (χ2n) is 16.4. The highest BCUT2D eigenvalue weighted by Gasteiger charge is 2.21. The molecule has 12 rings (SSSR count). The lowest BCUT2D eigenvalue weighted by molar-refractivity contribution is 0.666. The molecule has 0 fully saturated rings. The van der Waals surface area contributed by atoms with Crippen molar-refractivity contribution in [2.45, 2.75) is 13.3 Å². The third-order valence-electron chi connectivity index (χ3n) is 12.4. The summed E-state index contributed by atoms with van der Waals surface area (Å²) < 4.78 is 9.29. The smallest absolute Gasteiger partial charge is 0.164 e. The summed E-state index contributed by atoms with van der Waals surface area (Å²) >= 11 is 0. The molecule has 298 valence electrons.